The van der Waals surface area contributed by atoms with Crippen LogP contribution in [0.25, 0.3) is 0 Å². The summed E-state index contributed by atoms with van der Waals surface area (Å²) in [5.41, 5.74) is 1.25. The summed E-state index contributed by atoms with van der Waals surface area (Å²) < 4.78 is 27.3. The van der Waals surface area contributed by atoms with E-state index < -0.39 is 14.9 Å². The lowest BCUT2D eigenvalue weighted by Gasteiger charge is -2.35. The Morgan fingerprint density at radius 2 is 1.65 bits per heavy atom. The van der Waals surface area contributed by atoms with Gasteiger partial charge in [-0.05, 0) is 36.8 Å². The van der Waals surface area contributed by atoms with Crippen molar-refractivity contribution in [3.8, 4) is 0 Å². The first-order valence-electron chi connectivity index (χ1n) is 8.05. The number of rotatable bonds is 4. The molecule has 1 saturated heterocycles. The Hall–Kier alpha value is -2.16. The summed E-state index contributed by atoms with van der Waals surface area (Å²) in [6.07, 6.45) is 0. The standard InChI is InChI=1S/C17H18ClN3O4S/c1-13-2-5-16(21(22)23)12-17(13)26(24,25)20-10-8-19(9-11-20)15-6-3-14(18)4-7-15/h2-7,12H,8-11H2,1H3. The minimum atomic E-state index is -3.78. The summed E-state index contributed by atoms with van der Waals surface area (Å²) in [5, 5.41) is 11.6. The average molecular weight is 396 g/mol. The Morgan fingerprint density at radius 3 is 2.23 bits per heavy atom. The van der Waals surface area contributed by atoms with Crippen LogP contribution in [0.4, 0.5) is 11.4 Å². The zero-order valence-corrected chi connectivity index (χ0v) is 15.7. The van der Waals surface area contributed by atoms with Crippen LogP contribution in [0.1, 0.15) is 5.56 Å². The number of hydrogen-bond donors (Lipinski definition) is 0. The lowest BCUT2D eigenvalue weighted by Crippen LogP contribution is -2.48. The molecule has 9 heteroatoms. The number of halogens is 1. The van der Waals surface area contributed by atoms with Gasteiger partial charge in [0.15, 0.2) is 0 Å². The number of sulfonamides is 1. The molecule has 0 saturated carbocycles. The molecule has 0 radical (unpaired) electrons. The van der Waals surface area contributed by atoms with E-state index in [1.54, 1.807) is 19.1 Å². The minimum absolute atomic E-state index is 0.00774. The molecule has 1 aliphatic rings. The van der Waals surface area contributed by atoms with E-state index >= 15 is 0 Å². The molecule has 0 unspecified atom stereocenters. The molecule has 26 heavy (non-hydrogen) atoms. The Balaban J connectivity index is 1.79. The predicted octanol–water partition coefficient (Wildman–Crippen LogP) is 3.07. The number of nitro benzene ring substituents is 1. The van der Waals surface area contributed by atoms with Crippen molar-refractivity contribution in [3.05, 3.63) is 63.2 Å². The largest absolute Gasteiger partial charge is 0.369 e. The number of non-ortho nitro benzene ring substituents is 1. The fourth-order valence-corrected chi connectivity index (χ4v) is 4.75. The van der Waals surface area contributed by atoms with Gasteiger partial charge in [0.05, 0.1) is 9.82 Å². The van der Waals surface area contributed by atoms with Gasteiger partial charge in [-0.2, -0.15) is 4.31 Å². The smallest absolute Gasteiger partial charge is 0.270 e. The molecule has 138 valence electrons. The summed E-state index contributed by atoms with van der Waals surface area (Å²) in [4.78, 5) is 12.5. The van der Waals surface area contributed by atoms with Crippen LogP contribution in [0.5, 0.6) is 0 Å². The zero-order valence-electron chi connectivity index (χ0n) is 14.1. The quantitative estimate of drug-likeness (QED) is 0.586. The molecule has 1 fully saturated rings. The number of aryl methyl sites for hydroxylation is 1. The SMILES string of the molecule is Cc1ccc([N+](=O)[O-])cc1S(=O)(=O)N1CCN(c2ccc(Cl)cc2)CC1. The zero-order chi connectivity index (χ0) is 18.9. The molecule has 2 aromatic carbocycles. The van der Waals surface area contributed by atoms with Gasteiger partial charge in [-0.1, -0.05) is 17.7 Å². The van der Waals surface area contributed by atoms with Gasteiger partial charge < -0.3 is 4.90 Å². The van der Waals surface area contributed by atoms with Crippen molar-refractivity contribution < 1.29 is 13.3 Å². The van der Waals surface area contributed by atoms with Gasteiger partial charge in [0.2, 0.25) is 10.0 Å². The third-order valence-corrected chi connectivity index (χ3v) is 6.72. The molecule has 0 bridgehead atoms. The normalized spacial score (nSPS) is 15.8. The average Bonchev–Trinajstić information content (AvgIpc) is 2.62. The molecular weight excluding hydrogens is 378 g/mol. The van der Waals surface area contributed by atoms with Crippen LogP contribution in [0, 0.1) is 17.0 Å². The first kappa shape index (κ1) is 18.6. The number of hydrogen-bond acceptors (Lipinski definition) is 5. The summed E-state index contributed by atoms with van der Waals surface area (Å²) in [6, 6.07) is 11.3. The van der Waals surface area contributed by atoms with Crippen LogP contribution in [0.2, 0.25) is 5.02 Å². The van der Waals surface area contributed by atoms with E-state index in [-0.39, 0.29) is 10.6 Å². The van der Waals surface area contributed by atoms with Crippen molar-refractivity contribution in [3.63, 3.8) is 0 Å². The van der Waals surface area contributed by atoms with Gasteiger partial charge >= 0.3 is 0 Å². The van der Waals surface area contributed by atoms with Gasteiger partial charge in [0.25, 0.3) is 5.69 Å². The van der Waals surface area contributed by atoms with E-state index in [2.05, 4.69) is 4.90 Å². The van der Waals surface area contributed by atoms with Gasteiger partial charge in [-0.25, -0.2) is 8.42 Å². The number of nitro groups is 1. The van der Waals surface area contributed by atoms with Crippen molar-refractivity contribution >= 4 is 33.0 Å². The van der Waals surface area contributed by atoms with Gasteiger partial charge in [-0.15, -0.1) is 0 Å². The van der Waals surface area contributed by atoms with Crippen LogP contribution >= 0.6 is 11.6 Å². The third kappa shape index (κ3) is 3.67. The molecule has 0 aromatic heterocycles. The van der Waals surface area contributed by atoms with E-state index in [4.69, 9.17) is 11.6 Å². The molecule has 0 amide bonds. The first-order chi connectivity index (χ1) is 12.3. The van der Waals surface area contributed by atoms with Crippen molar-refractivity contribution in [2.75, 3.05) is 31.1 Å². The van der Waals surface area contributed by atoms with Crippen LogP contribution in [-0.2, 0) is 10.0 Å². The second kappa shape index (κ2) is 7.22. The van der Waals surface area contributed by atoms with Gasteiger partial charge in [-0.3, -0.25) is 10.1 Å². The number of nitrogens with zero attached hydrogens (tertiary/aromatic N) is 3. The molecule has 0 N–H and O–H groups in total. The summed E-state index contributed by atoms with van der Waals surface area (Å²) in [7, 11) is -3.78. The van der Waals surface area contributed by atoms with Gasteiger partial charge in [0, 0.05) is 49.0 Å². The number of piperazine rings is 1. The van der Waals surface area contributed by atoms with E-state index in [0.29, 0.717) is 36.8 Å². The van der Waals surface area contributed by atoms with Gasteiger partial charge in [0.1, 0.15) is 0 Å². The molecule has 2 aromatic rings. The number of anilines is 1. The molecule has 0 spiro atoms. The highest BCUT2D eigenvalue weighted by Crippen LogP contribution is 2.27. The predicted molar refractivity (Wildman–Crippen MR) is 100 cm³/mol. The van der Waals surface area contributed by atoms with E-state index in [1.165, 1.54) is 16.4 Å². The van der Waals surface area contributed by atoms with E-state index in [0.717, 1.165) is 11.8 Å². The summed E-state index contributed by atoms with van der Waals surface area (Å²) >= 11 is 5.90. The second-order valence-electron chi connectivity index (χ2n) is 6.07. The Bertz CT molecular complexity index is 924. The highest BCUT2D eigenvalue weighted by atomic mass is 35.5. The van der Waals surface area contributed by atoms with Crippen LogP contribution in [-0.4, -0.2) is 43.8 Å². The maximum absolute atomic E-state index is 12.9. The lowest BCUT2D eigenvalue weighted by atomic mass is 10.2. The Kier molecular flexibility index (Phi) is 5.17. The van der Waals surface area contributed by atoms with Crippen molar-refractivity contribution in [1.82, 2.24) is 4.31 Å². The lowest BCUT2D eigenvalue weighted by molar-refractivity contribution is -0.385. The fraction of sp³-hybridized carbons (Fsp3) is 0.294. The third-order valence-electron chi connectivity index (χ3n) is 4.43. The van der Waals surface area contributed by atoms with Crippen LogP contribution < -0.4 is 4.90 Å². The summed E-state index contributed by atoms with van der Waals surface area (Å²) in [5.74, 6) is 0. The van der Waals surface area contributed by atoms with E-state index in [1.807, 2.05) is 12.1 Å². The van der Waals surface area contributed by atoms with Crippen LogP contribution in [0.15, 0.2) is 47.4 Å². The maximum Gasteiger partial charge on any atom is 0.270 e. The van der Waals surface area contributed by atoms with E-state index in [9.17, 15) is 18.5 Å². The van der Waals surface area contributed by atoms with Crippen molar-refractivity contribution in [2.45, 2.75) is 11.8 Å². The summed E-state index contributed by atoms with van der Waals surface area (Å²) in [6.45, 7) is 3.34. The maximum atomic E-state index is 12.9. The Morgan fingerprint density at radius 1 is 1.04 bits per heavy atom. The highest BCUT2D eigenvalue weighted by molar-refractivity contribution is 7.89. The molecule has 0 atom stereocenters. The minimum Gasteiger partial charge on any atom is -0.369 e. The highest BCUT2D eigenvalue weighted by Gasteiger charge is 2.30. The van der Waals surface area contributed by atoms with Crippen LogP contribution in [0.3, 0.4) is 0 Å². The monoisotopic (exact) mass is 395 g/mol. The van der Waals surface area contributed by atoms with Crippen molar-refractivity contribution in [2.24, 2.45) is 0 Å². The number of benzene rings is 2. The van der Waals surface area contributed by atoms with Crippen molar-refractivity contribution in [1.29, 1.82) is 0 Å². The molecule has 0 aliphatic carbocycles. The molecular formula is C17H18ClN3O4S. The Labute approximate surface area is 157 Å². The molecule has 7 nitrogen and oxygen atoms in total. The molecule has 1 heterocycles. The molecule has 3 rings (SSSR count). The topological polar surface area (TPSA) is 83.8 Å². The fourth-order valence-electron chi connectivity index (χ4n) is 2.96. The first-order valence-corrected chi connectivity index (χ1v) is 9.86. The second-order valence-corrected chi connectivity index (χ2v) is 8.42. The molecule has 1 aliphatic heterocycles.